The Morgan fingerprint density at radius 1 is 1.04 bits per heavy atom. The minimum absolute atomic E-state index is 0.119. The molecule has 9 heteroatoms. The van der Waals surface area contributed by atoms with Gasteiger partial charge in [-0.3, -0.25) is 9.59 Å². The van der Waals surface area contributed by atoms with Crippen LogP contribution in [0.3, 0.4) is 0 Å². The molecule has 2 aromatic rings. The summed E-state index contributed by atoms with van der Waals surface area (Å²) < 4.78 is 23.0. The monoisotopic (exact) mass is 428 g/mol. The molecule has 0 saturated heterocycles. The van der Waals surface area contributed by atoms with Gasteiger partial charge in [0, 0.05) is 18.4 Å². The summed E-state index contributed by atoms with van der Waals surface area (Å²) >= 11 is 12.1. The van der Waals surface area contributed by atoms with Gasteiger partial charge in [-0.15, -0.1) is 0 Å². The van der Waals surface area contributed by atoms with E-state index >= 15 is 0 Å². The fourth-order valence-corrected chi connectivity index (χ4v) is 3.45. The van der Waals surface area contributed by atoms with Crippen LogP contribution < -0.4 is 5.32 Å². The lowest BCUT2D eigenvalue weighted by molar-refractivity contribution is -0.116. The molecule has 0 radical (unpaired) electrons. The normalized spacial score (nSPS) is 11.1. The smallest absolute Gasteiger partial charge is 0.254 e. The lowest BCUT2D eigenvalue weighted by Gasteiger charge is -2.21. The predicted molar refractivity (Wildman–Crippen MR) is 106 cm³/mol. The number of sulfone groups is 1. The summed E-state index contributed by atoms with van der Waals surface area (Å²) in [5.41, 5.74) is 0.569. The number of likely N-dealkylation sites (N-methyl/N-ethyl adjacent to an activating group) is 1. The van der Waals surface area contributed by atoms with Crippen molar-refractivity contribution in [2.24, 2.45) is 0 Å². The molecular formula is C18H18Cl2N2O4S. The maximum Gasteiger partial charge on any atom is 0.254 e. The fraction of sp³-hybridized carbons (Fsp3) is 0.222. The summed E-state index contributed by atoms with van der Waals surface area (Å²) in [5, 5.41) is 3.19. The molecule has 0 bridgehead atoms. The van der Waals surface area contributed by atoms with E-state index in [1.807, 2.05) is 0 Å². The van der Waals surface area contributed by atoms with Crippen LogP contribution in [0.1, 0.15) is 17.3 Å². The Balaban J connectivity index is 2.12. The van der Waals surface area contributed by atoms with Gasteiger partial charge in [0.15, 0.2) is 9.84 Å². The van der Waals surface area contributed by atoms with Gasteiger partial charge in [0.1, 0.15) is 6.54 Å². The van der Waals surface area contributed by atoms with Crippen LogP contribution in [-0.2, 0) is 14.6 Å². The Bertz CT molecular complexity index is 940. The Morgan fingerprint density at radius 3 is 2.07 bits per heavy atom. The SMILES string of the molecule is CCN(CC(=O)Nc1c(Cl)cccc1Cl)C(=O)c1ccc(S(C)(=O)=O)cc1. The van der Waals surface area contributed by atoms with Gasteiger partial charge in [-0.1, -0.05) is 29.3 Å². The Morgan fingerprint density at radius 2 is 1.59 bits per heavy atom. The van der Waals surface area contributed by atoms with Crippen molar-refractivity contribution in [3.8, 4) is 0 Å². The van der Waals surface area contributed by atoms with Gasteiger partial charge in [0.2, 0.25) is 5.91 Å². The average Bonchev–Trinajstić information content (AvgIpc) is 2.61. The van der Waals surface area contributed by atoms with Crippen molar-refractivity contribution in [1.82, 2.24) is 4.90 Å². The van der Waals surface area contributed by atoms with E-state index in [0.717, 1.165) is 6.26 Å². The predicted octanol–water partition coefficient (Wildman–Crippen LogP) is 3.50. The molecule has 0 saturated carbocycles. The fourth-order valence-electron chi connectivity index (χ4n) is 2.32. The molecule has 0 atom stereocenters. The molecular weight excluding hydrogens is 411 g/mol. The lowest BCUT2D eigenvalue weighted by Crippen LogP contribution is -2.38. The van der Waals surface area contributed by atoms with Crippen LogP contribution in [0.2, 0.25) is 10.0 Å². The summed E-state index contributed by atoms with van der Waals surface area (Å²) in [4.78, 5) is 26.4. The molecule has 2 rings (SSSR count). The number of benzene rings is 2. The van der Waals surface area contributed by atoms with Crippen molar-refractivity contribution in [2.75, 3.05) is 24.7 Å². The standard InChI is InChI=1S/C18H18Cl2N2O4S/c1-3-22(11-16(23)21-17-14(19)5-4-6-15(17)20)18(24)12-7-9-13(10-8-12)27(2,25)26/h4-10H,3,11H2,1-2H3,(H,21,23). The second kappa shape index (κ2) is 8.73. The zero-order valence-corrected chi connectivity index (χ0v) is 17.0. The van der Waals surface area contributed by atoms with Crippen molar-refractivity contribution in [1.29, 1.82) is 0 Å². The highest BCUT2D eigenvalue weighted by Crippen LogP contribution is 2.29. The van der Waals surface area contributed by atoms with Gasteiger partial charge in [-0.2, -0.15) is 0 Å². The first-order chi connectivity index (χ1) is 12.6. The highest BCUT2D eigenvalue weighted by Gasteiger charge is 2.19. The summed E-state index contributed by atoms with van der Waals surface area (Å²) in [5.74, 6) is -0.842. The number of anilines is 1. The zero-order chi connectivity index (χ0) is 20.2. The van der Waals surface area contributed by atoms with E-state index in [1.54, 1.807) is 25.1 Å². The highest BCUT2D eigenvalue weighted by molar-refractivity contribution is 7.90. The Labute approximate surface area is 168 Å². The number of amides is 2. The van der Waals surface area contributed by atoms with Crippen LogP contribution in [0.5, 0.6) is 0 Å². The number of nitrogens with one attached hydrogen (secondary N) is 1. The molecule has 2 amide bonds. The summed E-state index contributed by atoms with van der Waals surface area (Å²) in [6.45, 7) is 1.82. The van der Waals surface area contributed by atoms with Crippen LogP contribution in [-0.4, -0.2) is 44.5 Å². The maximum absolute atomic E-state index is 12.6. The number of halogens is 2. The molecule has 1 N–H and O–H groups in total. The summed E-state index contributed by atoms with van der Waals surface area (Å²) in [6.07, 6.45) is 1.09. The number of carbonyl (C=O) groups is 2. The Hall–Kier alpha value is -2.09. The minimum Gasteiger partial charge on any atom is -0.330 e. The highest BCUT2D eigenvalue weighted by atomic mass is 35.5. The minimum atomic E-state index is -3.35. The van der Waals surface area contributed by atoms with E-state index in [2.05, 4.69) is 5.32 Å². The number of rotatable bonds is 6. The first kappa shape index (κ1) is 21.2. The third-order valence-electron chi connectivity index (χ3n) is 3.76. The van der Waals surface area contributed by atoms with Gasteiger partial charge in [0.25, 0.3) is 5.91 Å². The third-order valence-corrected chi connectivity index (χ3v) is 5.52. The van der Waals surface area contributed by atoms with Crippen molar-refractivity contribution in [2.45, 2.75) is 11.8 Å². The van der Waals surface area contributed by atoms with Crippen molar-refractivity contribution in [3.05, 3.63) is 58.1 Å². The van der Waals surface area contributed by atoms with Crippen LogP contribution in [0.25, 0.3) is 0 Å². The molecule has 0 aliphatic carbocycles. The van der Waals surface area contributed by atoms with E-state index in [-0.39, 0.29) is 29.2 Å². The van der Waals surface area contributed by atoms with Crippen molar-refractivity contribution < 1.29 is 18.0 Å². The number of hydrogen-bond donors (Lipinski definition) is 1. The van der Waals surface area contributed by atoms with Crippen molar-refractivity contribution >= 4 is 50.5 Å². The second-order valence-electron chi connectivity index (χ2n) is 5.76. The van der Waals surface area contributed by atoms with E-state index in [4.69, 9.17) is 23.2 Å². The average molecular weight is 429 g/mol. The number of carbonyl (C=O) groups excluding carboxylic acids is 2. The molecule has 0 unspecified atom stereocenters. The lowest BCUT2D eigenvalue weighted by atomic mass is 10.2. The van der Waals surface area contributed by atoms with Gasteiger partial charge in [-0.25, -0.2) is 8.42 Å². The van der Waals surface area contributed by atoms with E-state index < -0.39 is 21.7 Å². The molecule has 0 heterocycles. The number of para-hydroxylation sites is 1. The van der Waals surface area contributed by atoms with Gasteiger partial charge in [0.05, 0.1) is 20.6 Å². The van der Waals surface area contributed by atoms with Crippen LogP contribution in [0.15, 0.2) is 47.4 Å². The maximum atomic E-state index is 12.6. The van der Waals surface area contributed by atoms with Gasteiger partial charge >= 0.3 is 0 Å². The summed E-state index contributed by atoms with van der Waals surface area (Å²) in [6, 6.07) is 10.4. The number of nitrogens with zero attached hydrogens (tertiary/aromatic N) is 1. The van der Waals surface area contributed by atoms with Crippen LogP contribution in [0, 0.1) is 0 Å². The van der Waals surface area contributed by atoms with Gasteiger partial charge < -0.3 is 10.2 Å². The van der Waals surface area contributed by atoms with E-state index in [0.29, 0.717) is 10.0 Å². The molecule has 0 fully saturated rings. The largest absolute Gasteiger partial charge is 0.330 e. The molecule has 0 spiro atoms. The molecule has 0 aliphatic rings. The first-order valence-corrected chi connectivity index (χ1v) is 10.6. The molecule has 27 heavy (non-hydrogen) atoms. The first-order valence-electron chi connectivity index (χ1n) is 7.96. The van der Waals surface area contributed by atoms with E-state index in [9.17, 15) is 18.0 Å². The number of hydrogen-bond acceptors (Lipinski definition) is 4. The third kappa shape index (κ3) is 5.45. The topological polar surface area (TPSA) is 83.6 Å². The van der Waals surface area contributed by atoms with Crippen molar-refractivity contribution in [3.63, 3.8) is 0 Å². The quantitative estimate of drug-likeness (QED) is 0.762. The zero-order valence-electron chi connectivity index (χ0n) is 14.7. The van der Waals surface area contributed by atoms with Crippen LogP contribution >= 0.6 is 23.2 Å². The molecule has 0 aromatic heterocycles. The van der Waals surface area contributed by atoms with E-state index in [1.165, 1.54) is 29.2 Å². The molecule has 0 aliphatic heterocycles. The molecule has 2 aromatic carbocycles. The summed E-state index contributed by atoms with van der Waals surface area (Å²) in [7, 11) is -3.35. The molecule has 144 valence electrons. The molecule has 6 nitrogen and oxygen atoms in total. The van der Waals surface area contributed by atoms with Gasteiger partial charge in [-0.05, 0) is 43.3 Å². The second-order valence-corrected chi connectivity index (χ2v) is 8.59. The Kier molecular flexibility index (Phi) is 6.86. The van der Waals surface area contributed by atoms with Crippen LogP contribution in [0.4, 0.5) is 5.69 Å².